The number of ether oxygens (including phenoxy) is 2. The molecule has 0 aromatic heterocycles. The number of hydrogen-bond acceptors (Lipinski definition) is 7. The summed E-state index contributed by atoms with van der Waals surface area (Å²) in [5.74, 6) is -3.02. The van der Waals surface area contributed by atoms with Gasteiger partial charge in [-0.25, -0.2) is 8.42 Å². The molecule has 1 heterocycles. The summed E-state index contributed by atoms with van der Waals surface area (Å²) < 4.78 is 58.9. The van der Waals surface area contributed by atoms with E-state index in [9.17, 15) is 23.1 Å². The van der Waals surface area contributed by atoms with Gasteiger partial charge in [-0.3, -0.25) is 9.59 Å². The minimum absolute atomic E-state index is 0.103. The van der Waals surface area contributed by atoms with Gasteiger partial charge >= 0.3 is 11.9 Å². The first-order valence-electron chi connectivity index (χ1n) is 12.0. The number of carboxylic acid groups (broad SMARTS) is 1. The third-order valence-corrected chi connectivity index (χ3v) is 7.79. The van der Waals surface area contributed by atoms with E-state index in [2.05, 4.69) is 0 Å². The van der Waals surface area contributed by atoms with Crippen LogP contribution in [0.25, 0.3) is 0 Å². The minimum Gasteiger partial charge on any atom is -0.481 e. The van der Waals surface area contributed by atoms with Crippen LogP contribution in [0.2, 0.25) is 0 Å². The van der Waals surface area contributed by atoms with Crippen LogP contribution in [-0.2, 0) is 40.7 Å². The van der Waals surface area contributed by atoms with Gasteiger partial charge in [-0.1, -0.05) is 37.6 Å². The molecule has 0 saturated carbocycles. The maximum atomic E-state index is 12.5. The van der Waals surface area contributed by atoms with Gasteiger partial charge in [0.1, 0.15) is 0 Å². The molecule has 1 aliphatic heterocycles. The first-order valence-corrected chi connectivity index (χ1v) is 12.3. The van der Waals surface area contributed by atoms with Gasteiger partial charge in [0, 0.05) is 9.53 Å². The molecule has 1 fully saturated rings. The lowest BCUT2D eigenvalue weighted by molar-refractivity contribution is -0.145. The fraction of sp³-hybridized carbons (Fsp3) is 0.652. The second-order valence-corrected chi connectivity index (χ2v) is 10.9. The fourth-order valence-electron chi connectivity index (χ4n) is 4.07. The van der Waals surface area contributed by atoms with Gasteiger partial charge in [-0.05, 0) is 37.2 Å². The zero-order valence-corrected chi connectivity index (χ0v) is 19.3. The summed E-state index contributed by atoms with van der Waals surface area (Å²) in [6.45, 7) is -1.38. The first-order chi connectivity index (χ1) is 16.2. The molecule has 2 N–H and O–H groups in total. The van der Waals surface area contributed by atoms with Crippen molar-refractivity contribution in [1.82, 2.24) is 0 Å². The van der Waals surface area contributed by atoms with Gasteiger partial charge in [-0.2, -0.15) is 0 Å². The van der Waals surface area contributed by atoms with Crippen LogP contribution in [-0.4, -0.2) is 69.0 Å². The van der Waals surface area contributed by atoms with Crippen LogP contribution in [0.1, 0.15) is 48.3 Å². The van der Waals surface area contributed by atoms with Crippen molar-refractivity contribution in [3.05, 3.63) is 35.4 Å². The van der Waals surface area contributed by atoms with Crippen molar-refractivity contribution in [3.8, 4) is 0 Å². The predicted octanol–water partition coefficient (Wildman–Crippen LogP) is 1.97. The molecule has 0 spiro atoms. The monoisotopic (exact) mass is 473 g/mol. The zero-order chi connectivity index (χ0) is 26.5. The lowest BCUT2D eigenvalue weighted by Gasteiger charge is -2.42. The smallest absolute Gasteiger partial charge is 0.313 e. The van der Waals surface area contributed by atoms with E-state index in [1.54, 1.807) is 19.1 Å². The Hall–Kier alpha value is -1.97. The van der Waals surface area contributed by atoms with Crippen LogP contribution in [0.3, 0.4) is 0 Å². The maximum absolute atomic E-state index is 12.5. The zero-order valence-electron chi connectivity index (χ0n) is 21.5. The van der Waals surface area contributed by atoms with E-state index in [0.717, 1.165) is 0 Å². The fourth-order valence-corrected chi connectivity index (χ4v) is 5.74. The van der Waals surface area contributed by atoms with E-state index in [4.69, 9.17) is 18.7 Å². The third kappa shape index (κ3) is 6.52. The summed E-state index contributed by atoms with van der Waals surface area (Å²) in [6.07, 6.45) is 0.421. The molecule has 9 heteroatoms. The SMILES string of the molecule is [2H]C([2H])([2H])C(CCCC1(CS(=O)(=O)CCO)COC1)(C(=O)O)c1cccc(C[C@H](C)C(=O)OC)c1. The number of benzene rings is 1. The number of aliphatic hydroxyl groups is 1. The van der Waals surface area contributed by atoms with Crippen LogP contribution >= 0.6 is 0 Å². The summed E-state index contributed by atoms with van der Waals surface area (Å²) >= 11 is 0. The number of rotatable bonds is 13. The summed E-state index contributed by atoms with van der Waals surface area (Å²) in [4.78, 5) is 24.3. The Morgan fingerprint density at radius 2 is 2.09 bits per heavy atom. The number of aliphatic carboxylic acids is 1. The number of carbonyl (C=O) groups excluding carboxylic acids is 1. The van der Waals surface area contributed by atoms with Crippen molar-refractivity contribution in [2.45, 2.75) is 44.9 Å². The van der Waals surface area contributed by atoms with Crippen LogP contribution in [0.4, 0.5) is 0 Å². The first kappa shape index (κ1) is 21.9. The Morgan fingerprint density at radius 1 is 1.38 bits per heavy atom. The van der Waals surface area contributed by atoms with Crippen molar-refractivity contribution >= 4 is 21.8 Å². The molecule has 180 valence electrons. The second-order valence-electron chi connectivity index (χ2n) is 8.70. The number of aliphatic hydroxyl groups excluding tert-OH is 1. The second kappa shape index (κ2) is 10.8. The predicted molar refractivity (Wildman–Crippen MR) is 119 cm³/mol. The Labute approximate surface area is 194 Å². The highest BCUT2D eigenvalue weighted by Gasteiger charge is 2.43. The molecule has 0 aliphatic carbocycles. The van der Waals surface area contributed by atoms with E-state index in [-0.39, 0.29) is 56.0 Å². The normalized spacial score (nSPS) is 20.0. The van der Waals surface area contributed by atoms with Crippen molar-refractivity contribution in [2.75, 3.05) is 38.4 Å². The molecule has 1 aromatic carbocycles. The standard InChI is InChI=1S/C23H34O8S/c1-17(20(25)30-3)12-18-6-4-7-19(13-18)22(2,21(26)27)8-5-9-23(14-31-15-23)16-32(28,29)11-10-24/h4,6-7,13,17,24H,5,8-12,14-16H2,1-3H3,(H,26,27)/t17-,22?/m0/s1/i2D3. The summed E-state index contributed by atoms with van der Waals surface area (Å²) in [5.41, 5.74) is -2.24. The van der Waals surface area contributed by atoms with Crippen LogP contribution in [0.5, 0.6) is 0 Å². The van der Waals surface area contributed by atoms with Gasteiger partial charge < -0.3 is 19.7 Å². The van der Waals surface area contributed by atoms with Gasteiger partial charge in [0.05, 0.1) is 49.8 Å². The largest absolute Gasteiger partial charge is 0.481 e. The lowest BCUT2D eigenvalue weighted by atomic mass is 9.74. The van der Waals surface area contributed by atoms with Gasteiger partial charge in [0.2, 0.25) is 0 Å². The Bertz CT molecular complexity index is 1000. The van der Waals surface area contributed by atoms with Crippen LogP contribution < -0.4 is 0 Å². The van der Waals surface area contributed by atoms with Crippen molar-refractivity contribution in [2.24, 2.45) is 11.3 Å². The Balaban J connectivity index is 2.32. The summed E-state index contributed by atoms with van der Waals surface area (Å²) in [6, 6.07) is 6.23. The Kier molecular flexibility index (Phi) is 7.35. The topological polar surface area (TPSA) is 127 Å². The molecule has 2 rings (SSSR count). The summed E-state index contributed by atoms with van der Waals surface area (Å²) in [5, 5.41) is 19.2. The van der Waals surface area contributed by atoms with E-state index < -0.39 is 52.0 Å². The van der Waals surface area contributed by atoms with Gasteiger partial charge in [0.15, 0.2) is 9.84 Å². The lowest BCUT2D eigenvalue weighted by Crippen LogP contribution is -2.48. The molecule has 2 atom stereocenters. The number of carbonyl (C=O) groups is 2. The maximum Gasteiger partial charge on any atom is 0.313 e. The molecule has 0 bridgehead atoms. The number of sulfone groups is 1. The number of hydrogen-bond donors (Lipinski definition) is 2. The molecule has 0 radical (unpaired) electrons. The van der Waals surface area contributed by atoms with Crippen LogP contribution in [0, 0.1) is 11.3 Å². The van der Waals surface area contributed by atoms with Crippen molar-refractivity contribution in [1.29, 1.82) is 0 Å². The third-order valence-electron chi connectivity index (χ3n) is 5.93. The van der Waals surface area contributed by atoms with Crippen LogP contribution in [0.15, 0.2) is 24.3 Å². The average Bonchev–Trinajstić information content (AvgIpc) is 2.73. The molecule has 1 aliphatic rings. The molecule has 0 amide bonds. The van der Waals surface area contributed by atoms with Gasteiger partial charge in [0.25, 0.3) is 0 Å². The highest BCUT2D eigenvalue weighted by molar-refractivity contribution is 7.91. The molecular weight excluding hydrogens is 436 g/mol. The van der Waals surface area contributed by atoms with Crippen molar-refractivity contribution < 1.29 is 41.8 Å². The molecule has 32 heavy (non-hydrogen) atoms. The summed E-state index contributed by atoms with van der Waals surface area (Å²) in [7, 11) is -2.26. The van der Waals surface area contributed by atoms with E-state index >= 15 is 0 Å². The number of methoxy groups -OCH3 is 1. The highest BCUT2D eigenvalue weighted by Crippen LogP contribution is 2.38. The molecule has 1 aromatic rings. The highest BCUT2D eigenvalue weighted by atomic mass is 32.2. The number of esters is 1. The quantitative estimate of drug-likeness (QED) is 0.416. The average molecular weight is 474 g/mol. The van der Waals surface area contributed by atoms with E-state index in [0.29, 0.717) is 5.56 Å². The molecular formula is C23H34O8S. The molecule has 8 nitrogen and oxygen atoms in total. The molecule has 1 unspecified atom stereocenters. The molecule has 1 saturated heterocycles. The van der Waals surface area contributed by atoms with E-state index in [1.165, 1.54) is 19.2 Å². The van der Waals surface area contributed by atoms with E-state index in [1.807, 2.05) is 0 Å². The minimum atomic E-state index is -3.53. The Morgan fingerprint density at radius 3 is 2.62 bits per heavy atom. The van der Waals surface area contributed by atoms with Crippen molar-refractivity contribution in [3.63, 3.8) is 0 Å². The van der Waals surface area contributed by atoms with Gasteiger partial charge in [-0.15, -0.1) is 0 Å². The number of carboxylic acids is 1.